The normalized spacial score (nSPS) is 14.1. The molecule has 1 aromatic rings. The van der Waals surface area contributed by atoms with E-state index in [0.717, 1.165) is 57.4 Å². The lowest BCUT2D eigenvalue weighted by Crippen LogP contribution is -2.28. The molecule has 0 fully saturated rings. The Bertz CT molecular complexity index is 1040. The smallest absolute Gasteiger partial charge is 0.251 e. The number of hydrogen-bond acceptors (Lipinski definition) is 2. The van der Waals surface area contributed by atoms with Gasteiger partial charge in [-0.1, -0.05) is 80.7 Å². The number of nitrogens with one attached hydrogen (secondary N) is 1. The average Bonchev–Trinajstić information content (AvgIpc) is 2.81. The molecule has 0 spiro atoms. The molecule has 0 aliphatic heterocycles. The minimum absolute atomic E-state index is 0.0612. The first kappa shape index (κ1) is 29.1. The molecule has 2 unspecified atom stereocenters. The number of benzene rings is 1. The summed E-state index contributed by atoms with van der Waals surface area (Å²) in [6, 6.07) is 6.22. The lowest BCUT2D eigenvalue weighted by atomic mass is 9.80. The van der Waals surface area contributed by atoms with Gasteiger partial charge >= 0.3 is 0 Å². The fourth-order valence-electron chi connectivity index (χ4n) is 4.11. The molecule has 0 saturated carbocycles. The van der Waals surface area contributed by atoms with Gasteiger partial charge in [0.25, 0.3) is 5.91 Å². The summed E-state index contributed by atoms with van der Waals surface area (Å²) in [5, 5.41) is 3.12. The summed E-state index contributed by atoms with van der Waals surface area (Å²) >= 11 is 0. The number of carbonyl (C=O) groups is 1. The zero-order valence-electron chi connectivity index (χ0n) is 22.4. The summed E-state index contributed by atoms with van der Waals surface area (Å²) in [6.07, 6.45) is 3.64. The van der Waals surface area contributed by atoms with E-state index < -0.39 is 0 Å². The zero-order chi connectivity index (χ0) is 26.2. The van der Waals surface area contributed by atoms with E-state index in [1.807, 2.05) is 33.8 Å². The first-order chi connectivity index (χ1) is 15.9. The van der Waals surface area contributed by atoms with Gasteiger partial charge in [0, 0.05) is 18.0 Å². The molecule has 34 heavy (non-hydrogen) atoms. The number of rotatable bonds is 12. The summed E-state index contributed by atoms with van der Waals surface area (Å²) in [5.41, 5.74) is 15.9. The van der Waals surface area contributed by atoms with E-state index in [2.05, 4.69) is 70.6 Å². The third-order valence-electron chi connectivity index (χ3n) is 6.50. The van der Waals surface area contributed by atoms with Crippen LogP contribution in [0, 0.1) is 5.92 Å². The van der Waals surface area contributed by atoms with Crippen molar-refractivity contribution in [1.82, 2.24) is 5.32 Å². The zero-order valence-corrected chi connectivity index (χ0v) is 22.4. The van der Waals surface area contributed by atoms with Crippen molar-refractivity contribution in [2.75, 3.05) is 6.54 Å². The number of carbonyl (C=O) groups excluding carboxylic acids is 1. The molecule has 0 bridgehead atoms. The Kier molecular flexibility index (Phi) is 11.2. The first-order valence-corrected chi connectivity index (χ1v) is 12.1. The maximum Gasteiger partial charge on any atom is 0.251 e. The van der Waals surface area contributed by atoms with E-state index in [-0.39, 0.29) is 17.9 Å². The van der Waals surface area contributed by atoms with Gasteiger partial charge in [-0.15, -0.1) is 0 Å². The highest BCUT2D eigenvalue weighted by molar-refractivity contribution is 5.96. The highest BCUT2D eigenvalue weighted by Gasteiger charge is 2.21. The van der Waals surface area contributed by atoms with E-state index in [0.29, 0.717) is 12.1 Å². The molecular weight excluding hydrogens is 416 g/mol. The summed E-state index contributed by atoms with van der Waals surface area (Å²) in [6.45, 7) is 31.3. The second-order valence-electron chi connectivity index (χ2n) is 9.27. The van der Waals surface area contributed by atoms with Gasteiger partial charge in [-0.25, -0.2) is 0 Å². The molecule has 0 radical (unpaired) electrons. The van der Waals surface area contributed by atoms with Crippen molar-refractivity contribution in [3.05, 3.63) is 101 Å². The van der Waals surface area contributed by atoms with Gasteiger partial charge in [0.2, 0.25) is 0 Å². The standard InChI is InChI=1S/C31H44N2O/c1-12-21(7)27-14-15-28(26(13-2)17-27)25(11)33-31(34)22(8)16-29(19(3)4)30(20(5)6)24(10)23(9)18-32/h14-17,25,30H,3,5,7-8,12-13,18,32H2,1-2,4,6,9-11H3,(H,33,34)/b24-23+,29-16-. The number of aryl methyl sites for hydroxylation is 1. The Morgan fingerprint density at radius 1 is 1.09 bits per heavy atom. The molecule has 3 N–H and O–H groups in total. The van der Waals surface area contributed by atoms with Crippen molar-refractivity contribution >= 4 is 11.5 Å². The van der Waals surface area contributed by atoms with Crippen LogP contribution in [0.3, 0.4) is 0 Å². The van der Waals surface area contributed by atoms with E-state index in [9.17, 15) is 4.79 Å². The van der Waals surface area contributed by atoms with Gasteiger partial charge in [0.05, 0.1) is 6.04 Å². The Labute approximate surface area is 207 Å². The van der Waals surface area contributed by atoms with Crippen LogP contribution < -0.4 is 11.1 Å². The van der Waals surface area contributed by atoms with Crippen molar-refractivity contribution in [1.29, 1.82) is 0 Å². The average molecular weight is 461 g/mol. The Morgan fingerprint density at radius 2 is 1.71 bits per heavy atom. The largest absolute Gasteiger partial charge is 0.346 e. The van der Waals surface area contributed by atoms with Gasteiger partial charge in [-0.05, 0) is 81.4 Å². The molecule has 0 aliphatic rings. The molecule has 1 amide bonds. The molecule has 3 heteroatoms. The van der Waals surface area contributed by atoms with Crippen LogP contribution in [0.2, 0.25) is 0 Å². The SMILES string of the molecule is C=C(/C=C(/C(=C)C)C(C(=C)C)/C(C)=C(\C)CN)C(=O)NC(C)c1ccc(C(=C)CC)cc1CC. The van der Waals surface area contributed by atoms with Crippen molar-refractivity contribution in [2.24, 2.45) is 11.7 Å². The minimum Gasteiger partial charge on any atom is -0.346 e. The second-order valence-corrected chi connectivity index (χ2v) is 9.27. The highest BCUT2D eigenvalue weighted by Crippen LogP contribution is 2.33. The van der Waals surface area contributed by atoms with Crippen LogP contribution in [-0.4, -0.2) is 12.5 Å². The van der Waals surface area contributed by atoms with Crippen LogP contribution in [0.25, 0.3) is 5.57 Å². The predicted octanol–water partition coefficient (Wildman–Crippen LogP) is 7.40. The van der Waals surface area contributed by atoms with Crippen LogP contribution in [-0.2, 0) is 11.2 Å². The van der Waals surface area contributed by atoms with Crippen molar-refractivity contribution in [2.45, 2.75) is 67.3 Å². The Balaban J connectivity index is 3.24. The number of allylic oxidation sites excluding steroid dienone is 5. The molecule has 1 aromatic carbocycles. The lowest BCUT2D eigenvalue weighted by molar-refractivity contribution is -0.117. The lowest BCUT2D eigenvalue weighted by Gasteiger charge is -2.25. The van der Waals surface area contributed by atoms with Gasteiger partial charge in [-0.3, -0.25) is 4.79 Å². The van der Waals surface area contributed by atoms with Crippen LogP contribution in [0.1, 0.15) is 77.6 Å². The molecular formula is C31H44N2O. The summed E-state index contributed by atoms with van der Waals surface area (Å²) in [7, 11) is 0. The van der Waals surface area contributed by atoms with Crippen LogP contribution in [0.5, 0.6) is 0 Å². The molecule has 0 aromatic heterocycles. The number of nitrogens with two attached hydrogens (primary N) is 1. The van der Waals surface area contributed by atoms with E-state index in [1.165, 1.54) is 5.56 Å². The van der Waals surface area contributed by atoms with Gasteiger partial charge < -0.3 is 11.1 Å². The van der Waals surface area contributed by atoms with Crippen LogP contribution >= 0.6 is 0 Å². The summed E-state index contributed by atoms with van der Waals surface area (Å²) < 4.78 is 0. The molecule has 3 nitrogen and oxygen atoms in total. The third-order valence-corrected chi connectivity index (χ3v) is 6.50. The predicted molar refractivity (Wildman–Crippen MR) is 149 cm³/mol. The van der Waals surface area contributed by atoms with Crippen molar-refractivity contribution in [3.63, 3.8) is 0 Å². The topological polar surface area (TPSA) is 55.1 Å². The first-order valence-electron chi connectivity index (χ1n) is 12.1. The molecule has 0 heterocycles. The maximum atomic E-state index is 13.1. The van der Waals surface area contributed by atoms with Gasteiger partial charge in [0.15, 0.2) is 0 Å². The molecule has 0 aliphatic carbocycles. The summed E-state index contributed by atoms with van der Waals surface area (Å²) in [4.78, 5) is 13.1. The monoisotopic (exact) mass is 460 g/mol. The van der Waals surface area contributed by atoms with Gasteiger partial charge in [0.1, 0.15) is 0 Å². The molecule has 2 atom stereocenters. The Morgan fingerprint density at radius 3 is 2.18 bits per heavy atom. The fraction of sp³-hybridized carbons (Fsp3) is 0.387. The Hall–Kier alpha value is -2.91. The van der Waals surface area contributed by atoms with Crippen molar-refractivity contribution < 1.29 is 4.79 Å². The van der Waals surface area contributed by atoms with E-state index in [1.54, 1.807) is 0 Å². The number of hydrogen-bond donors (Lipinski definition) is 2. The highest BCUT2D eigenvalue weighted by atomic mass is 16.1. The minimum atomic E-state index is -0.201. The second kappa shape index (κ2) is 13.1. The van der Waals surface area contributed by atoms with Gasteiger partial charge in [-0.2, -0.15) is 0 Å². The molecule has 184 valence electrons. The molecule has 1 rings (SSSR count). The quantitative estimate of drug-likeness (QED) is 0.194. The van der Waals surface area contributed by atoms with E-state index in [4.69, 9.17) is 5.73 Å². The maximum absolute atomic E-state index is 13.1. The fourth-order valence-corrected chi connectivity index (χ4v) is 4.11. The third kappa shape index (κ3) is 7.30. The van der Waals surface area contributed by atoms with E-state index >= 15 is 0 Å². The van der Waals surface area contributed by atoms with Crippen LogP contribution in [0.4, 0.5) is 0 Å². The van der Waals surface area contributed by atoms with Crippen LogP contribution in [0.15, 0.2) is 84.0 Å². The van der Waals surface area contributed by atoms with Crippen molar-refractivity contribution in [3.8, 4) is 0 Å². The number of amides is 1. The summed E-state index contributed by atoms with van der Waals surface area (Å²) in [5.74, 6) is -0.262. The molecule has 0 saturated heterocycles.